The third-order valence-corrected chi connectivity index (χ3v) is 5.37. The fourth-order valence-corrected chi connectivity index (χ4v) is 3.95. The highest BCUT2D eigenvalue weighted by atomic mass is 32.2. The summed E-state index contributed by atoms with van der Waals surface area (Å²) >= 11 is 0. The molecule has 2 fully saturated rings. The van der Waals surface area contributed by atoms with Gasteiger partial charge in [0.05, 0.1) is 11.9 Å². The van der Waals surface area contributed by atoms with Crippen molar-refractivity contribution in [2.24, 2.45) is 5.92 Å². The van der Waals surface area contributed by atoms with Crippen LogP contribution in [0.4, 0.5) is 0 Å². The Morgan fingerprint density at radius 2 is 2.00 bits per heavy atom. The van der Waals surface area contributed by atoms with Crippen LogP contribution in [0.5, 0.6) is 0 Å². The Balaban J connectivity index is 1.63. The Hall–Kier alpha value is -0.130. The Kier molecular flexibility index (Phi) is 4.44. The number of nitrogens with one attached hydrogen (secondary N) is 1. The smallest absolute Gasteiger partial charge is 0.151 e. The molecular weight excluding hydrogens is 238 g/mol. The molecule has 2 aliphatic carbocycles. The summed E-state index contributed by atoms with van der Waals surface area (Å²) in [6, 6.07) is 0.134. The summed E-state index contributed by atoms with van der Waals surface area (Å²) in [7, 11) is -2.90. The molecule has 2 unspecified atom stereocenters. The van der Waals surface area contributed by atoms with E-state index >= 15 is 0 Å². The molecule has 0 heterocycles. The van der Waals surface area contributed by atoms with Crippen molar-refractivity contribution in [3.05, 3.63) is 0 Å². The molecule has 0 saturated heterocycles. The van der Waals surface area contributed by atoms with Gasteiger partial charge in [0, 0.05) is 25.4 Å². The Morgan fingerprint density at radius 3 is 2.65 bits per heavy atom. The van der Waals surface area contributed by atoms with E-state index in [0.717, 1.165) is 38.3 Å². The van der Waals surface area contributed by atoms with Gasteiger partial charge in [-0.05, 0) is 31.6 Å². The number of rotatable bonds is 7. The van der Waals surface area contributed by atoms with Gasteiger partial charge in [0.1, 0.15) is 0 Å². The molecule has 2 atom stereocenters. The monoisotopic (exact) mass is 261 g/mol. The molecule has 0 aliphatic heterocycles. The van der Waals surface area contributed by atoms with Crippen LogP contribution in [-0.4, -0.2) is 45.7 Å². The maximum atomic E-state index is 11.6. The first-order valence-electron chi connectivity index (χ1n) is 6.57. The topological polar surface area (TPSA) is 55.4 Å². The van der Waals surface area contributed by atoms with Crippen molar-refractivity contribution < 1.29 is 13.2 Å². The summed E-state index contributed by atoms with van der Waals surface area (Å²) in [5.74, 6) is 0.797. The number of sulfone groups is 1. The van der Waals surface area contributed by atoms with Crippen LogP contribution in [0.25, 0.3) is 0 Å². The van der Waals surface area contributed by atoms with E-state index in [0.29, 0.717) is 6.61 Å². The van der Waals surface area contributed by atoms with Gasteiger partial charge in [0.2, 0.25) is 0 Å². The molecule has 0 aromatic heterocycles. The van der Waals surface area contributed by atoms with Crippen LogP contribution in [0.2, 0.25) is 0 Å². The van der Waals surface area contributed by atoms with E-state index in [9.17, 15) is 8.42 Å². The van der Waals surface area contributed by atoms with E-state index in [1.165, 1.54) is 19.1 Å². The van der Waals surface area contributed by atoms with E-state index in [4.69, 9.17) is 4.74 Å². The summed E-state index contributed by atoms with van der Waals surface area (Å²) in [5.41, 5.74) is 0. The van der Waals surface area contributed by atoms with E-state index in [2.05, 4.69) is 5.32 Å². The molecule has 100 valence electrons. The third-order valence-electron chi connectivity index (χ3n) is 3.71. The molecule has 2 rings (SSSR count). The first-order valence-corrected chi connectivity index (χ1v) is 8.53. The van der Waals surface area contributed by atoms with Crippen molar-refractivity contribution in [2.45, 2.75) is 43.4 Å². The van der Waals surface area contributed by atoms with E-state index in [1.807, 2.05) is 0 Å². The summed E-state index contributed by atoms with van der Waals surface area (Å²) < 4.78 is 28.6. The van der Waals surface area contributed by atoms with Crippen molar-refractivity contribution in [1.82, 2.24) is 5.32 Å². The first-order chi connectivity index (χ1) is 8.07. The SMILES string of the molecule is CS(=O)(=O)C1CCCC1NCCOCC1CC1. The molecule has 17 heavy (non-hydrogen) atoms. The second-order valence-corrected chi connectivity index (χ2v) is 7.64. The van der Waals surface area contributed by atoms with Gasteiger partial charge in [0.25, 0.3) is 0 Å². The van der Waals surface area contributed by atoms with Gasteiger partial charge in [-0.2, -0.15) is 0 Å². The van der Waals surface area contributed by atoms with Crippen LogP contribution < -0.4 is 5.32 Å². The zero-order valence-corrected chi connectivity index (χ0v) is 11.3. The van der Waals surface area contributed by atoms with Crippen LogP contribution in [0, 0.1) is 5.92 Å². The standard InChI is InChI=1S/C12H23NO3S/c1-17(14,15)12-4-2-3-11(12)13-7-8-16-9-10-5-6-10/h10-13H,2-9H2,1H3. The van der Waals surface area contributed by atoms with E-state index < -0.39 is 9.84 Å². The predicted octanol–water partition coefficient (Wildman–Crippen LogP) is 0.968. The summed E-state index contributed by atoms with van der Waals surface area (Å²) in [6.07, 6.45) is 6.76. The number of hydrogen-bond donors (Lipinski definition) is 1. The number of ether oxygens (including phenoxy) is 1. The molecule has 0 amide bonds. The molecule has 0 spiro atoms. The lowest BCUT2D eigenvalue weighted by Crippen LogP contribution is -2.41. The van der Waals surface area contributed by atoms with Gasteiger partial charge in [-0.1, -0.05) is 6.42 Å². The highest BCUT2D eigenvalue weighted by molar-refractivity contribution is 7.91. The zero-order chi connectivity index (χ0) is 12.3. The van der Waals surface area contributed by atoms with Crippen LogP contribution in [0.1, 0.15) is 32.1 Å². The fourth-order valence-electron chi connectivity index (χ4n) is 2.52. The highest BCUT2D eigenvalue weighted by Gasteiger charge is 2.34. The first kappa shape index (κ1) is 13.3. The Morgan fingerprint density at radius 1 is 1.24 bits per heavy atom. The molecular formula is C12H23NO3S. The maximum absolute atomic E-state index is 11.6. The third kappa shape index (κ3) is 4.23. The lowest BCUT2D eigenvalue weighted by atomic mass is 10.2. The molecule has 5 heteroatoms. The molecule has 0 bridgehead atoms. The summed E-state index contributed by atoms with van der Waals surface area (Å²) in [4.78, 5) is 0. The minimum absolute atomic E-state index is 0.134. The summed E-state index contributed by atoms with van der Waals surface area (Å²) in [6.45, 7) is 2.34. The minimum atomic E-state index is -2.90. The largest absolute Gasteiger partial charge is 0.380 e. The van der Waals surface area contributed by atoms with Crippen LogP contribution >= 0.6 is 0 Å². The van der Waals surface area contributed by atoms with Gasteiger partial charge in [0.15, 0.2) is 9.84 Å². The van der Waals surface area contributed by atoms with Crippen molar-refractivity contribution >= 4 is 9.84 Å². The average molecular weight is 261 g/mol. The van der Waals surface area contributed by atoms with Crippen LogP contribution in [0.15, 0.2) is 0 Å². The van der Waals surface area contributed by atoms with E-state index in [1.54, 1.807) is 0 Å². The molecule has 1 N–H and O–H groups in total. The molecule has 2 aliphatic rings. The second kappa shape index (κ2) is 5.67. The van der Waals surface area contributed by atoms with Gasteiger partial charge in [-0.15, -0.1) is 0 Å². The average Bonchev–Trinajstić information content (AvgIpc) is 2.92. The minimum Gasteiger partial charge on any atom is -0.380 e. The molecule has 2 saturated carbocycles. The highest BCUT2D eigenvalue weighted by Crippen LogP contribution is 2.28. The Labute approximate surface area is 104 Å². The van der Waals surface area contributed by atoms with Gasteiger partial charge in [-0.3, -0.25) is 0 Å². The lowest BCUT2D eigenvalue weighted by molar-refractivity contribution is 0.124. The normalized spacial score (nSPS) is 29.7. The number of hydrogen-bond acceptors (Lipinski definition) is 4. The molecule has 0 radical (unpaired) electrons. The Bertz CT molecular complexity index is 338. The maximum Gasteiger partial charge on any atom is 0.151 e. The van der Waals surface area contributed by atoms with Gasteiger partial charge < -0.3 is 10.1 Å². The van der Waals surface area contributed by atoms with E-state index in [-0.39, 0.29) is 11.3 Å². The van der Waals surface area contributed by atoms with Crippen molar-refractivity contribution in [2.75, 3.05) is 26.0 Å². The lowest BCUT2D eigenvalue weighted by Gasteiger charge is -2.19. The predicted molar refractivity (Wildman–Crippen MR) is 67.8 cm³/mol. The zero-order valence-electron chi connectivity index (χ0n) is 10.5. The van der Waals surface area contributed by atoms with Crippen molar-refractivity contribution in [3.8, 4) is 0 Å². The quantitative estimate of drug-likeness (QED) is 0.694. The van der Waals surface area contributed by atoms with Gasteiger partial charge >= 0.3 is 0 Å². The molecule has 0 aromatic carbocycles. The molecule has 0 aromatic rings. The van der Waals surface area contributed by atoms with Crippen molar-refractivity contribution in [1.29, 1.82) is 0 Å². The fraction of sp³-hybridized carbons (Fsp3) is 1.00. The van der Waals surface area contributed by atoms with Gasteiger partial charge in [-0.25, -0.2) is 8.42 Å². The van der Waals surface area contributed by atoms with Crippen LogP contribution in [0.3, 0.4) is 0 Å². The summed E-state index contributed by atoms with van der Waals surface area (Å²) in [5, 5.41) is 3.14. The van der Waals surface area contributed by atoms with Crippen LogP contribution in [-0.2, 0) is 14.6 Å². The molecule has 4 nitrogen and oxygen atoms in total. The van der Waals surface area contributed by atoms with Crippen molar-refractivity contribution in [3.63, 3.8) is 0 Å². The second-order valence-electron chi connectivity index (χ2n) is 5.38.